The van der Waals surface area contributed by atoms with Gasteiger partial charge in [-0.2, -0.15) is 0 Å². The van der Waals surface area contributed by atoms with Crippen LogP contribution >= 0.6 is 0 Å². The second-order valence-corrected chi connectivity index (χ2v) is 6.11. The minimum absolute atomic E-state index is 0.161. The van der Waals surface area contributed by atoms with Crippen LogP contribution in [0.15, 0.2) is 67.3 Å². The molecule has 27 heavy (non-hydrogen) atoms. The number of nitrogens with zero attached hydrogens (tertiary/aromatic N) is 3. The summed E-state index contributed by atoms with van der Waals surface area (Å²) in [6.07, 6.45) is 1.70. The van der Waals surface area contributed by atoms with Crippen molar-refractivity contribution in [3.05, 3.63) is 78.4 Å². The van der Waals surface area contributed by atoms with Gasteiger partial charge in [-0.3, -0.25) is 0 Å². The lowest BCUT2D eigenvalue weighted by Gasteiger charge is -2.06. The fourth-order valence-electron chi connectivity index (χ4n) is 3.03. The average molecular weight is 358 g/mol. The molecule has 2 heterocycles. The molecule has 0 unspecified atom stereocenters. The Morgan fingerprint density at radius 2 is 1.74 bits per heavy atom. The highest BCUT2D eigenvalue weighted by Gasteiger charge is 2.24. The van der Waals surface area contributed by atoms with Crippen molar-refractivity contribution in [2.75, 3.05) is 5.73 Å². The summed E-state index contributed by atoms with van der Waals surface area (Å²) >= 11 is 0. The number of aromatic nitrogens is 3. The predicted octanol–water partition coefficient (Wildman–Crippen LogP) is 3.71. The summed E-state index contributed by atoms with van der Waals surface area (Å²) in [6, 6.07) is 17.0. The molecule has 6 heteroatoms. The van der Waals surface area contributed by atoms with Crippen molar-refractivity contribution in [2.45, 2.75) is 13.2 Å². The molecular formula is C21H18N4O2. The van der Waals surface area contributed by atoms with Gasteiger partial charge in [0.05, 0.1) is 11.0 Å². The molecule has 0 radical (unpaired) electrons. The molecule has 0 spiro atoms. The first-order valence-corrected chi connectivity index (χ1v) is 8.55. The molecule has 2 aromatic carbocycles. The zero-order valence-electron chi connectivity index (χ0n) is 14.6. The molecule has 0 saturated heterocycles. The van der Waals surface area contributed by atoms with Crippen LogP contribution in [0.4, 0.5) is 5.82 Å². The van der Waals surface area contributed by atoms with Crippen LogP contribution in [0.25, 0.3) is 22.2 Å². The number of carbonyl (C=O) groups excluding carboxylic acids is 1. The molecule has 0 aliphatic rings. The van der Waals surface area contributed by atoms with Crippen molar-refractivity contribution in [1.29, 1.82) is 0 Å². The Balaban J connectivity index is 1.80. The molecule has 0 saturated carbocycles. The van der Waals surface area contributed by atoms with Gasteiger partial charge in [-0.25, -0.2) is 14.8 Å². The summed E-state index contributed by atoms with van der Waals surface area (Å²) in [6.45, 7) is 4.33. The van der Waals surface area contributed by atoms with Crippen LogP contribution in [0, 0.1) is 0 Å². The number of esters is 1. The molecule has 4 rings (SSSR count). The highest BCUT2D eigenvalue weighted by molar-refractivity contribution is 6.08. The summed E-state index contributed by atoms with van der Waals surface area (Å²) < 4.78 is 7.20. The Morgan fingerprint density at radius 3 is 2.44 bits per heavy atom. The average Bonchev–Trinajstić information content (AvgIpc) is 2.96. The Labute approximate surface area is 155 Å². The topological polar surface area (TPSA) is 83.0 Å². The number of anilines is 1. The molecule has 134 valence electrons. The van der Waals surface area contributed by atoms with Gasteiger partial charge in [-0.05, 0) is 17.7 Å². The molecule has 0 bridgehead atoms. The number of hydrogen-bond donors (Lipinski definition) is 1. The number of benzene rings is 2. The third kappa shape index (κ3) is 3.01. The number of nitrogens with two attached hydrogens (primary N) is 1. The summed E-state index contributed by atoms with van der Waals surface area (Å²) in [5, 5.41) is 0. The number of carbonyl (C=O) groups is 1. The fraction of sp³-hybridized carbons (Fsp3) is 0.0952. The Morgan fingerprint density at radius 1 is 1.07 bits per heavy atom. The van der Waals surface area contributed by atoms with Crippen molar-refractivity contribution in [3.8, 4) is 0 Å². The van der Waals surface area contributed by atoms with E-state index in [-0.39, 0.29) is 18.0 Å². The molecule has 6 nitrogen and oxygen atoms in total. The quantitative estimate of drug-likeness (QED) is 0.434. The number of fused-ring (bicyclic) bond motifs is 2. The van der Waals surface area contributed by atoms with E-state index < -0.39 is 5.97 Å². The van der Waals surface area contributed by atoms with Crippen LogP contribution < -0.4 is 5.73 Å². The van der Waals surface area contributed by atoms with Gasteiger partial charge < -0.3 is 15.0 Å². The highest BCUT2D eigenvalue weighted by Crippen LogP contribution is 2.28. The largest absolute Gasteiger partial charge is 0.457 e. The molecule has 0 aliphatic carbocycles. The Kier molecular flexibility index (Phi) is 4.30. The number of allylic oxidation sites excluding steroid dienone is 1. The Hall–Kier alpha value is -3.67. The molecule has 2 N–H and O–H groups in total. The summed E-state index contributed by atoms with van der Waals surface area (Å²) in [5.74, 6) is -0.244. The maximum absolute atomic E-state index is 12.8. The van der Waals surface area contributed by atoms with Gasteiger partial charge in [0, 0.05) is 6.54 Å². The van der Waals surface area contributed by atoms with Crippen LogP contribution in [0.2, 0.25) is 0 Å². The van der Waals surface area contributed by atoms with Crippen molar-refractivity contribution >= 4 is 34.0 Å². The lowest BCUT2D eigenvalue weighted by Crippen LogP contribution is -2.09. The highest BCUT2D eigenvalue weighted by atomic mass is 16.5. The van der Waals surface area contributed by atoms with E-state index in [0.717, 1.165) is 11.1 Å². The van der Waals surface area contributed by atoms with Crippen LogP contribution in [0.1, 0.15) is 15.9 Å². The van der Waals surface area contributed by atoms with Gasteiger partial charge in [0.25, 0.3) is 0 Å². The van der Waals surface area contributed by atoms with Crippen LogP contribution in [0.5, 0.6) is 0 Å². The number of hydrogen-bond acceptors (Lipinski definition) is 5. The molecule has 4 aromatic rings. The maximum Gasteiger partial charge on any atom is 0.344 e. The molecule has 2 aromatic heterocycles. The zero-order valence-corrected chi connectivity index (χ0v) is 14.6. The van der Waals surface area contributed by atoms with Gasteiger partial charge >= 0.3 is 5.97 Å². The fourth-order valence-corrected chi connectivity index (χ4v) is 3.03. The van der Waals surface area contributed by atoms with E-state index in [2.05, 4.69) is 16.5 Å². The minimum Gasteiger partial charge on any atom is -0.457 e. The Bertz CT molecular complexity index is 1150. The number of para-hydroxylation sites is 2. The first-order valence-electron chi connectivity index (χ1n) is 8.55. The third-order valence-electron chi connectivity index (χ3n) is 4.32. The van der Waals surface area contributed by atoms with E-state index in [1.165, 1.54) is 0 Å². The van der Waals surface area contributed by atoms with Gasteiger partial charge in [0.1, 0.15) is 23.5 Å². The summed E-state index contributed by atoms with van der Waals surface area (Å²) in [5.41, 5.74) is 9.81. The van der Waals surface area contributed by atoms with Crippen molar-refractivity contribution < 1.29 is 9.53 Å². The normalized spacial score (nSPS) is 11.0. The molecule has 0 atom stereocenters. The van der Waals surface area contributed by atoms with Gasteiger partial charge in [0.2, 0.25) is 0 Å². The summed E-state index contributed by atoms with van der Waals surface area (Å²) in [7, 11) is 0. The van der Waals surface area contributed by atoms with Gasteiger partial charge in [-0.1, -0.05) is 48.5 Å². The predicted molar refractivity (Wildman–Crippen MR) is 105 cm³/mol. The number of nitrogen functional groups attached to an aromatic ring is 1. The van der Waals surface area contributed by atoms with Crippen molar-refractivity contribution in [1.82, 2.24) is 14.5 Å². The van der Waals surface area contributed by atoms with Crippen molar-refractivity contribution in [2.24, 2.45) is 0 Å². The number of ether oxygens (including phenoxy) is 1. The lowest BCUT2D eigenvalue weighted by molar-refractivity contribution is 0.0476. The van der Waals surface area contributed by atoms with E-state index in [4.69, 9.17) is 10.5 Å². The van der Waals surface area contributed by atoms with E-state index in [0.29, 0.717) is 23.2 Å². The van der Waals surface area contributed by atoms with E-state index >= 15 is 0 Å². The SMILES string of the molecule is C=CCn1c(N)c(C(=O)OCc2ccccc2)c2nc3ccccc3nc21. The van der Waals surface area contributed by atoms with Gasteiger partial charge in [0.15, 0.2) is 5.65 Å². The second-order valence-electron chi connectivity index (χ2n) is 6.11. The zero-order chi connectivity index (χ0) is 18.8. The maximum atomic E-state index is 12.8. The number of rotatable bonds is 5. The monoisotopic (exact) mass is 358 g/mol. The first-order chi connectivity index (χ1) is 13.2. The minimum atomic E-state index is -0.520. The second kappa shape index (κ2) is 6.92. The third-order valence-corrected chi connectivity index (χ3v) is 4.32. The van der Waals surface area contributed by atoms with E-state index in [1.54, 1.807) is 10.6 Å². The molecular weight excluding hydrogens is 340 g/mol. The van der Waals surface area contributed by atoms with Crippen LogP contribution in [0.3, 0.4) is 0 Å². The smallest absolute Gasteiger partial charge is 0.344 e. The standard InChI is InChI=1S/C21H18N4O2/c1-2-12-25-19(22)17(21(26)27-13-14-8-4-3-5-9-14)18-20(25)24-16-11-7-6-10-15(16)23-18/h2-11H,1,12-13,22H2. The van der Waals surface area contributed by atoms with Gasteiger partial charge in [-0.15, -0.1) is 6.58 Å². The lowest BCUT2D eigenvalue weighted by atomic mass is 10.2. The van der Waals surface area contributed by atoms with E-state index in [1.807, 2.05) is 54.6 Å². The summed E-state index contributed by atoms with van der Waals surface area (Å²) in [4.78, 5) is 22.1. The van der Waals surface area contributed by atoms with Crippen LogP contribution in [-0.4, -0.2) is 20.5 Å². The van der Waals surface area contributed by atoms with E-state index in [9.17, 15) is 4.79 Å². The van der Waals surface area contributed by atoms with Crippen molar-refractivity contribution in [3.63, 3.8) is 0 Å². The first kappa shape index (κ1) is 16.8. The molecule has 0 aliphatic heterocycles. The molecule has 0 amide bonds. The van der Waals surface area contributed by atoms with Crippen LogP contribution in [-0.2, 0) is 17.9 Å². The molecule has 0 fully saturated rings.